The number of anilines is 1. The number of rotatable bonds is 5. The average Bonchev–Trinajstić information content (AvgIpc) is 3.12. The van der Waals surface area contributed by atoms with Gasteiger partial charge in [0.15, 0.2) is 5.65 Å². The van der Waals surface area contributed by atoms with Gasteiger partial charge in [-0.05, 0) is 29.8 Å². The zero-order valence-corrected chi connectivity index (χ0v) is 13.7. The van der Waals surface area contributed by atoms with E-state index in [9.17, 15) is 9.50 Å². The summed E-state index contributed by atoms with van der Waals surface area (Å²) in [5.41, 5.74) is 2.20. The van der Waals surface area contributed by atoms with E-state index >= 15 is 0 Å². The van der Waals surface area contributed by atoms with Gasteiger partial charge in [0, 0.05) is 6.54 Å². The Balaban J connectivity index is 1.57. The Labute approximate surface area is 149 Å². The second-order valence-electron chi connectivity index (χ2n) is 5.80. The lowest BCUT2D eigenvalue weighted by atomic mass is 10.1. The van der Waals surface area contributed by atoms with Gasteiger partial charge >= 0.3 is 0 Å². The third-order valence-corrected chi connectivity index (χ3v) is 4.08. The van der Waals surface area contributed by atoms with Gasteiger partial charge in [0.05, 0.1) is 23.4 Å². The van der Waals surface area contributed by atoms with Gasteiger partial charge in [-0.3, -0.25) is 0 Å². The van der Waals surface area contributed by atoms with Gasteiger partial charge < -0.3 is 10.4 Å². The quantitative estimate of drug-likeness (QED) is 0.579. The minimum absolute atomic E-state index is 0.230. The molecule has 4 aromatic rings. The number of fused-ring (bicyclic) bond motifs is 1. The highest BCUT2D eigenvalue weighted by atomic mass is 19.1. The number of aliphatic hydroxyl groups excluding tert-OH is 1. The maximum absolute atomic E-state index is 13.0. The Morgan fingerprint density at radius 2 is 1.81 bits per heavy atom. The molecule has 0 bridgehead atoms. The Morgan fingerprint density at radius 1 is 1.04 bits per heavy atom. The molecule has 6 nitrogen and oxygen atoms in total. The first-order chi connectivity index (χ1) is 12.7. The van der Waals surface area contributed by atoms with E-state index in [0.717, 1.165) is 11.1 Å². The molecule has 26 heavy (non-hydrogen) atoms. The van der Waals surface area contributed by atoms with Crippen molar-refractivity contribution >= 4 is 16.9 Å². The van der Waals surface area contributed by atoms with Crippen LogP contribution in [0, 0.1) is 5.82 Å². The molecule has 7 heteroatoms. The molecular weight excluding hydrogens is 333 g/mol. The van der Waals surface area contributed by atoms with Gasteiger partial charge in [0.2, 0.25) is 0 Å². The van der Waals surface area contributed by atoms with Crippen molar-refractivity contribution < 1.29 is 9.50 Å². The summed E-state index contributed by atoms with van der Waals surface area (Å²) < 4.78 is 14.7. The van der Waals surface area contributed by atoms with Crippen molar-refractivity contribution in [1.82, 2.24) is 19.7 Å². The molecule has 2 N–H and O–H groups in total. The molecule has 0 aliphatic heterocycles. The van der Waals surface area contributed by atoms with Crippen LogP contribution in [0.3, 0.4) is 0 Å². The van der Waals surface area contributed by atoms with Crippen molar-refractivity contribution in [3.05, 3.63) is 78.5 Å². The highest BCUT2D eigenvalue weighted by Crippen LogP contribution is 2.22. The number of benzene rings is 2. The Kier molecular flexibility index (Phi) is 4.28. The predicted octanol–water partition coefficient (Wildman–Crippen LogP) is 3.10. The van der Waals surface area contributed by atoms with E-state index in [4.69, 9.17) is 0 Å². The molecule has 4 rings (SSSR count). The smallest absolute Gasteiger partial charge is 0.168 e. The standard InChI is InChI=1S/C19H16FN5O/c20-14-8-6-13(7-9-14)17(26)11-21-18-16-10-24-25(19(16)23-12-22-18)15-4-2-1-3-5-15/h1-10,12,17,26H,11H2,(H,21,22,23)/t17-/m0/s1. The van der Waals surface area contributed by atoms with Gasteiger partial charge in [-0.25, -0.2) is 19.0 Å². The molecule has 2 aromatic heterocycles. The third-order valence-electron chi connectivity index (χ3n) is 4.08. The normalized spacial score (nSPS) is 12.2. The fourth-order valence-corrected chi connectivity index (χ4v) is 2.74. The van der Waals surface area contributed by atoms with Crippen LogP contribution in [0.15, 0.2) is 67.1 Å². The van der Waals surface area contributed by atoms with Gasteiger partial charge in [0.1, 0.15) is 18.0 Å². The molecule has 0 radical (unpaired) electrons. The number of hydrogen-bond donors (Lipinski definition) is 2. The first-order valence-electron chi connectivity index (χ1n) is 8.14. The molecule has 0 saturated carbocycles. The van der Waals surface area contributed by atoms with Crippen LogP contribution in [0.4, 0.5) is 10.2 Å². The molecule has 0 aliphatic carbocycles. The van der Waals surface area contributed by atoms with Crippen molar-refractivity contribution in [3.8, 4) is 5.69 Å². The number of aliphatic hydroxyl groups is 1. The zero-order chi connectivity index (χ0) is 17.9. The van der Waals surface area contributed by atoms with Crippen LogP contribution in [0.25, 0.3) is 16.7 Å². The molecule has 0 aliphatic rings. The lowest BCUT2D eigenvalue weighted by Gasteiger charge is -2.13. The van der Waals surface area contributed by atoms with Crippen LogP contribution >= 0.6 is 0 Å². The number of nitrogens with one attached hydrogen (secondary N) is 1. The van der Waals surface area contributed by atoms with E-state index in [1.54, 1.807) is 23.0 Å². The van der Waals surface area contributed by atoms with E-state index in [1.165, 1.54) is 18.5 Å². The maximum atomic E-state index is 13.0. The Morgan fingerprint density at radius 3 is 2.58 bits per heavy atom. The summed E-state index contributed by atoms with van der Waals surface area (Å²) in [6.07, 6.45) is 2.36. The summed E-state index contributed by atoms with van der Waals surface area (Å²) in [6.45, 7) is 0.230. The van der Waals surface area contributed by atoms with E-state index < -0.39 is 6.10 Å². The van der Waals surface area contributed by atoms with Gasteiger partial charge in [-0.15, -0.1) is 0 Å². The topological polar surface area (TPSA) is 75.9 Å². The maximum Gasteiger partial charge on any atom is 0.168 e. The molecule has 0 spiro atoms. The van der Waals surface area contributed by atoms with E-state index in [1.807, 2.05) is 30.3 Å². The Hall–Kier alpha value is -3.32. The molecule has 2 heterocycles. The van der Waals surface area contributed by atoms with Crippen molar-refractivity contribution in [1.29, 1.82) is 0 Å². The number of para-hydroxylation sites is 1. The summed E-state index contributed by atoms with van der Waals surface area (Å²) in [5, 5.41) is 18.5. The molecule has 0 amide bonds. The summed E-state index contributed by atoms with van der Waals surface area (Å²) in [6, 6.07) is 15.5. The molecule has 1 atom stereocenters. The number of hydrogen-bond acceptors (Lipinski definition) is 5. The van der Waals surface area contributed by atoms with Crippen molar-refractivity contribution in [2.45, 2.75) is 6.10 Å². The van der Waals surface area contributed by atoms with Crippen LogP contribution in [0.5, 0.6) is 0 Å². The van der Waals surface area contributed by atoms with Crippen LogP contribution in [-0.4, -0.2) is 31.4 Å². The average molecular weight is 349 g/mol. The highest BCUT2D eigenvalue weighted by Gasteiger charge is 2.13. The molecule has 0 fully saturated rings. The number of halogens is 1. The largest absolute Gasteiger partial charge is 0.387 e. The second kappa shape index (κ2) is 6.89. The predicted molar refractivity (Wildman–Crippen MR) is 96.5 cm³/mol. The van der Waals surface area contributed by atoms with Crippen LogP contribution in [-0.2, 0) is 0 Å². The van der Waals surface area contributed by atoms with Gasteiger partial charge in [-0.1, -0.05) is 30.3 Å². The number of nitrogens with zero attached hydrogens (tertiary/aromatic N) is 4. The van der Waals surface area contributed by atoms with Crippen LogP contribution < -0.4 is 5.32 Å². The van der Waals surface area contributed by atoms with E-state index in [0.29, 0.717) is 17.0 Å². The van der Waals surface area contributed by atoms with Crippen LogP contribution in [0.1, 0.15) is 11.7 Å². The zero-order valence-electron chi connectivity index (χ0n) is 13.7. The molecule has 2 aromatic carbocycles. The van der Waals surface area contributed by atoms with Crippen molar-refractivity contribution in [2.24, 2.45) is 0 Å². The summed E-state index contributed by atoms with van der Waals surface area (Å²) in [7, 11) is 0. The molecule has 0 saturated heterocycles. The minimum atomic E-state index is -0.787. The molecule has 130 valence electrons. The third kappa shape index (κ3) is 3.12. The van der Waals surface area contributed by atoms with Gasteiger partial charge in [0.25, 0.3) is 0 Å². The summed E-state index contributed by atoms with van der Waals surface area (Å²) in [5.74, 6) is 0.248. The fraction of sp³-hybridized carbons (Fsp3) is 0.105. The number of aromatic nitrogens is 4. The SMILES string of the molecule is O[C@@H](CNc1ncnc2c1cnn2-c1ccccc1)c1ccc(F)cc1. The first kappa shape index (κ1) is 16.2. The first-order valence-corrected chi connectivity index (χ1v) is 8.14. The molecule has 0 unspecified atom stereocenters. The highest BCUT2D eigenvalue weighted by molar-refractivity contribution is 5.87. The van der Waals surface area contributed by atoms with Crippen LogP contribution in [0.2, 0.25) is 0 Å². The lowest BCUT2D eigenvalue weighted by Crippen LogP contribution is -2.13. The Bertz CT molecular complexity index is 1020. The lowest BCUT2D eigenvalue weighted by molar-refractivity contribution is 0.191. The fourth-order valence-electron chi connectivity index (χ4n) is 2.74. The second-order valence-corrected chi connectivity index (χ2v) is 5.80. The summed E-state index contributed by atoms with van der Waals surface area (Å²) in [4.78, 5) is 8.57. The van der Waals surface area contributed by atoms with E-state index in [2.05, 4.69) is 20.4 Å². The van der Waals surface area contributed by atoms with Crippen molar-refractivity contribution in [3.63, 3.8) is 0 Å². The minimum Gasteiger partial charge on any atom is -0.387 e. The van der Waals surface area contributed by atoms with E-state index in [-0.39, 0.29) is 12.4 Å². The monoisotopic (exact) mass is 349 g/mol. The van der Waals surface area contributed by atoms with Gasteiger partial charge in [-0.2, -0.15) is 5.10 Å². The molecular formula is C19H16FN5O. The summed E-state index contributed by atoms with van der Waals surface area (Å²) >= 11 is 0. The van der Waals surface area contributed by atoms with Crippen molar-refractivity contribution in [2.75, 3.05) is 11.9 Å².